The van der Waals surface area contributed by atoms with Crippen LogP contribution >= 0.6 is 0 Å². The first-order valence-corrected chi connectivity index (χ1v) is 22.3. The Labute approximate surface area is 399 Å². The molecule has 3 aliphatic heterocycles. The first-order chi connectivity index (χ1) is 33.5. The lowest BCUT2D eigenvalue weighted by atomic mass is 9.77. The van der Waals surface area contributed by atoms with E-state index >= 15 is 0 Å². The molecular weight excluding hydrogens is 911 g/mol. The minimum Gasteiger partial charge on any atom is -0.508 e. The Hall–Kier alpha value is -8.69. The van der Waals surface area contributed by atoms with E-state index in [4.69, 9.17) is 20.9 Å². The molecular formula is C48H51N9O13. The van der Waals surface area contributed by atoms with Crippen molar-refractivity contribution in [2.24, 2.45) is 16.5 Å². The van der Waals surface area contributed by atoms with Gasteiger partial charge in [-0.1, -0.05) is 30.3 Å². The number of aliphatic imine (C=N–C) groups is 1. The Kier molecular flexibility index (Phi) is 15.1. The Bertz CT molecular complexity index is 2690. The van der Waals surface area contributed by atoms with Crippen molar-refractivity contribution in [1.82, 2.24) is 31.9 Å². The molecule has 70 heavy (non-hydrogen) atoms. The van der Waals surface area contributed by atoms with Gasteiger partial charge >= 0.3 is 11.9 Å². The van der Waals surface area contributed by atoms with Gasteiger partial charge in [0.05, 0.1) is 18.5 Å². The third-order valence-corrected chi connectivity index (χ3v) is 11.8. The number of carbonyl (C=O) groups excluding carboxylic acids is 7. The number of phenols is 2. The summed E-state index contributed by atoms with van der Waals surface area (Å²) in [5.74, 6) is -7.04. The second-order valence-corrected chi connectivity index (χ2v) is 16.8. The van der Waals surface area contributed by atoms with E-state index in [1.807, 2.05) is 0 Å². The smallest absolute Gasteiger partial charge is 0.340 e. The molecule has 0 unspecified atom stereocenters. The Morgan fingerprint density at radius 3 is 1.97 bits per heavy atom. The highest BCUT2D eigenvalue weighted by atomic mass is 16.6. The summed E-state index contributed by atoms with van der Waals surface area (Å²) in [6.45, 7) is -0.522. The molecule has 3 heterocycles. The zero-order valence-electron chi connectivity index (χ0n) is 37.5. The number of carbonyl (C=O) groups is 8. The van der Waals surface area contributed by atoms with Gasteiger partial charge in [0.1, 0.15) is 47.2 Å². The molecule has 0 radical (unpaired) electrons. The van der Waals surface area contributed by atoms with E-state index < -0.39 is 90.1 Å². The van der Waals surface area contributed by atoms with Crippen LogP contribution in [0.1, 0.15) is 81.5 Å². The van der Waals surface area contributed by atoms with Crippen LogP contribution in [0.4, 0.5) is 0 Å². The van der Waals surface area contributed by atoms with Crippen LogP contribution in [0.15, 0.2) is 89.9 Å². The zero-order valence-corrected chi connectivity index (χ0v) is 37.5. The van der Waals surface area contributed by atoms with Crippen molar-refractivity contribution in [3.8, 4) is 23.0 Å². The number of nitrogens with one attached hydrogen (secondary N) is 6. The van der Waals surface area contributed by atoms with E-state index in [1.54, 1.807) is 42.5 Å². The number of nitrogens with two attached hydrogens (primary N) is 2. The van der Waals surface area contributed by atoms with Crippen LogP contribution in [0.3, 0.4) is 0 Å². The summed E-state index contributed by atoms with van der Waals surface area (Å²) in [5, 5.41) is 45.6. The fourth-order valence-electron chi connectivity index (χ4n) is 8.45. The molecule has 22 nitrogen and oxygen atoms in total. The average molecular weight is 962 g/mol. The minimum atomic E-state index is -1.64. The zero-order chi connectivity index (χ0) is 50.1. The lowest BCUT2D eigenvalue weighted by Gasteiger charge is -2.36. The van der Waals surface area contributed by atoms with Gasteiger partial charge in [0, 0.05) is 53.9 Å². The molecule has 4 aromatic carbocycles. The molecule has 1 fully saturated rings. The van der Waals surface area contributed by atoms with Crippen LogP contribution in [0.25, 0.3) is 0 Å². The number of benzene rings is 4. The number of aliphatic carboxylic acids is 1. The number of unbranched alkanes of at least 4 members (excludes halogenated alkanes) is 1. The molecule has 7 rings (SSSR count). The predicted octanol–water partition coefficient (Wildman–Crippen LogP) is 0.406. The number of phenolic OH excluding ortho intramolecular Hbond substituents is 2. The van der Waals surface area contributed by atoms with Crippen molar-refractivity contribution in [1.29, 1.82) is 0 Å². The summed E-state index contributed by atoms with van der Waals surface area (Å²) < 4.78 is 12.1. The fourth-order valence-corrected chi connectivity index (χ4v) is 8.45. The minimum absolute atomic E-state index is 0.00887. The molecule has 0 bridgehead atoms. The van der Waals surface area contributed by atoms with Crippen LogP contribution in [-0.2, 0) is 45.5 Å². The van der Waals surface area contributed by atoms with Gasteiger partial charge in [-0.3, -0.25) is 38.6 Å². The summed E-state index contributed by atoms with van der Waals surface area (Å²) in [7, 11) is 0. The van der Waals surface area contributed by atoms with Crippen LogP contribution in [0, 0.1) is 0 Å². The first-order valence-electron chi connectivity index (χ1n) is 22.3. The van der Waals surface area contributed by atoms with Gasteiger partial charge in [-0.15, -0.1) is 0 Å². The second-order valence-electron chi connectivity index (χ2n) is 16.8. The number of carboxylic acids is 1. The summed E-state index contributed by atoms with van der Waals surface area (Å²) in [6.07, 6.45) is -0.292. The monoisotopic (exact) mass is 961 g/mol. The fraction of sp³-hybridized carbons (Fsp3) is 0.312. The Morgan fingerprint density at radius 2 is 1.31 bits per heavy atom. The SMILES string of the molecule is NC(N)=NCCC[C@@H]1NC(=O)[C@H](CCCCNC(=O)c2ccc3c(c2)C2(OC3=O)c3ccc(O)cc3Oc3cc(O)ccc32)NC(=O)[C@@H](Cc2ccccc2)NC(=O)[C@H](CC(=O)O)NC(=O)CNC1=O. The molecule has 0 saturated carbocycles. The Balaban J connectivity index is 1.09. The molecule has 6 amide bonds. The number of amides is 6. The van der Waals surface area contributed by atoms with E-state index in [9.17, 15) is 53.7 Å². The normalized spacial score (nSPS) is 19.7. The van der Waals surface area contributed by atoms with Gasteiger partial charge in [-0.05, 0) is 80.1 Å². The highest BCUT2D eigenvalue weighted by Gasteiger charge is 2.54. The van der Waals surface area contributed by atoms with E-state index in [2.05, 4.69) is 36.9 Å². The molecule has 13 N–H and O–H groups in total. The molecule has 4 aromatic rings. The largest absolute Gasteiger partial charge is 0.508 e. The number of nitrogens with zero attached hydrogens (tertiary/aromatic N) is 1. The van der Waals surface area contributed by atoms with Gasteiger partial charge in [0.15, 0.2) is 11.6 Å². The molecule has 1 spiro atoms. The van der Waals surface area contributed by atoms with Gasteiger partial charge in [-0.2, -0.15) is 0 Å². The van der Waals surface area contributed by atoms with E-state index in [1.165, 1.54) is 42.5 Å². The lowest BCUT2D eigenvalue weighted by Crippen LogP contribution is -2.58. The van der Waals surface area contributed by atoms with E-state index in [-0.39, 0.29) is 91.7 Å². The number of aromatic hydroxyl groups is 2. The van der Waals surface area contributed by atoms with Gasteiger partial charge in [-0.25, -0.2) is 4.79 Å². The number of fused-ring (bicyclic) bond motifs is 6. The van der Waals surface area contributed by atoms with Gasteiger partial charge in [0.25, 0.3) is 5.91 Å². The van der Waals surface area contributed by atoms with Crippen LogP contribution in [0.5, 0.6) is 23.0 Å². The van der Waals surface area contributed by atoms with Crippen molar-refractivity contribution < 1.29 is 63.1 Å². The average Bonchev–Trinajstić information content (AvgIpc) is 3.60. The molecule has 1 saturated heterocycles. The quantitative estimate of drug-likeness (QED) is 0.0353. The summed E-state index contributed by atoms with van der Waals surface area (Å²) >= 11 is 0. The molecule has 3 aliphatic rings. The number of esters is 1. The summed E-state index contributed by atoms with van der Waals surface area (Å²) in [5.41, 5.74) is 11.3. The van der Waals surface area contributed by atoms with Crippen LogP contribution in [-0.4, -0.2) is 112 Å². The standard InChI is InChI=1S/C48H51N9O13/c49-47(50)52-18-6-10-33-42(64)53-24-39(60)54-36(23-40(61)62)45(67)57-35(19-25-7-2-1-3-8-25)44(66)56-34(43(65)55-33)9-4-5-17-51-41(63)26-11-14-29-32(20-26)48(70-46(29)68)30-15-12-27(58)21-37(30)69-38-22-28(59)13-16-31(38)48/h1-3,7-8,11-16,20-22,33-36,58-59H,4-6,9-10,17-19,23-24H2,(H,51,63)(H,53,64)(H,54,60)(H,55,65)(H,56,66)(H,57,67)(H,61,62)(H4,49,50,52)/t33-,34-,35+,36-/m0/s1. The van der Waals surface area contributed by atoms with Crippen LogP contribution in [0.2, 0.25) is 0 Å². The highest BCUT2D eigenvalue weighted by Crippen LogP contribution is 2.57. The lowest BCUT2D eigenvalue weighted by molar-refractivity contribution is -0.141. The van der Waals surface area contributed by atoms with E-state index in [0.717, 1.165) is 0 Å². The number of carboxylic acid groups (broad SMARTS) is 1. The number of rotatable bonds is 14. The second kappa shape index (κ2) is 21.5. The molecule has 0 aliphatic carbocycles. The van der Waals surface area contributed by atoms with Crippen LogP contribution < -0.4 is 48.1 Å². The van der Waals surface area contributed by atoms with Crippen molar-refractivity contribution in [3.05, 3.63) is 118 Å². The van der Waals surface area contributed by atoms with Crippen molar-refractivity contribution >= 4 is 53.3 Å². The number of ether oxygens (including phenoxy) is 2. The summed E-state index contributed by atoms with van der Waals surface area (Å²) in [6, 6.07) is 16.0. The third-order valence-electron chi connectivity index (χ3n) is 11.8. The van der Waals surface area contributed by atoms with Crippen molar-refractivity contribution in [2.45, 2.75) is 74.7 Å². The maximum atomic E-state index is 14.1. The molecule has 4 atom stereocenters. The molecule has 22 heteroatoms. The van der Waals surface area contributed by atoms with Crippen molar-refractivity contribution in [3.63, 3.8) is 0 Å². The summed E-state index contributed by atoms with van der Waals surface area (Å²) in [4.78, 5) is 111. The predicted molar refractivity (Wildman–Crippen MR) is 247 cm³/mol. The Morgan fingerprint density at radius 1 is 0.700 bits per heavy atom. The molecule has 0 aromatic heterocycles. The number of guanidine groups is 1. The third kappa shape index (κ3) is 11.3. The molecule has 366 valence electrons. The number of hydrogen-bond acceptors (Lipinski definition) is 13. The topological polar surface area (TPSA) is 352 Å². The maximum absolute atomic E-state index is 14.1. The first kappa shape index (κ1) is 49.2. The van der Waals surface area contributed by atoms with E-state index in [0.29, 0.717) is 22.3 Å². The van der Waals surface area contributed by atoms with Gasteiger partial charge < -0.3 is 68.2 Å². The maximum Gasteiger partial charge on any atom is 0.340 e. The highest BCUT2D eigenvalue weighted by molar-refractivity contribution is 6.01. The van der Waals surface area contributed by atoms with Gasteiger partial charge in [0.2, 0.25) is 29.5 Å². The number of hydrogen-bond donors (Lipinski definition) is 11. The van der Waals surface area contributed by atoms with Crippen molar-refractivity contribution in [2.75, 3.05) is 19.6 Å².